The molecule has 0 radical (unpaired) electrons. The summed E-state index contributed by atoms with van der Waals surface area (Å²) in [5.41, 5.74) is 5.57. The third-order valence-corrected chi connectivity index (χ3v) is 3.40. The first kappa shape index (κ1) is 11.8. The van der Waals surface area contributed by atoms with Crippen LogP contribution in [0.1, 0.15) is 25.6 Å². The molecule has 1 saturated heterocycles. The van der Waals surface area contributed by atoms with E-state index in [9.17, 15) is 0 Å². The average molecular weight is 241 g/mol. The first-order valence-electron chi connectivity index (χ1n) is 5.55. The van der Waals surface area contributed by atoms with Crippen molar-refractivity contribution in [2.45, 2.75) is 39.0 Å². The van der Waals surface area contributed by atoms with Gasteiger partial charge >= 0.3 is 0 Å². The van der Waals surface area contributed by atoms with E-state index < -0.39 is 0 Å². The molecule has 90 valence electrons. The van der Waals surface area contributed by atoms with E-state index >= 15 is 0 Å². The molecule has 2 heterocycles. The van der Waals surface area contributed by atoms with Gasteiger partial charge in [-0.05, 0) is 20.8 Å². The van der Waals surface area contributed by atoms with Crippen LogP contribution < -0.4 is 5.73 Å². The van der Waals surface area contributed by atoms with Crippen molar-refractivity contribution in [1.82, 2.24) is 9.88 Å². The van der Waals surface area contributed by atoms with Gasteiger partial charge < -0.3 is 10.5 Å². The van der Waals surface area contributed by atoms with E-state index in [1.165, 1.54) is 4.88 Å². The average Bonchev–Trinajstić information content (AvgIpc) is 2.46. The number of nitrogen functional groups attached to an aromatic ring is 1. The Hall–Kier alpha value is -0.650. The molecule has 1 fully saturated rings. The number of aromatic nitrogens is 1. The van der Waals surface area contributed by atoms with Crippen LogP contribution in [0.5, 0.6) is 0 Å². The van der Waals surface area contributed by atoms with Crippen molar-refractivity contribution >= 4 is 16.5 Å². The molecule has 2 rings (SSSR count). The molecule has 5 heteroatoms. The Morgan fingerprint density at radius 2 is 2.44 bits per heavy atom. The van der Waals surface area contributed by atoms with Crippen molar-refractivity contribution in [3.05, 3.63) is 11.1 Å². The summed E-state index contributed by atoms with van der Waals surface area (Å²) in [6.45, 7) is 9.24. The smallest absolute Gasteiger partial charge is 0.180 e. The largest absolute Gasteiger partial charge is 0.375 e. The maximum atomic E-state index is 5.87. The van der Waals surface area contributed by atoms with Gasteiger partial charge in [-0.3, -0.25) is 4.90 Å². The molecule has 1 unspecified atom stereocenters. The van der Waals surface area contributed by atoms with E-state index in [0.717, 1.165) is 19.6 Å². The van der Waals surface area contributed by atoms with Crippen LogP contribution in [0.25, 0.3) is 0 Å². The lowest BCUT2D eigenvalue weighted by molar-refractivity contribution is -0.130. The van der Waals surface area contributed by atoms with Crippen LogP contribution in [0.3, 0.4) is 0 Å². The second-order valence-electron chi connectivity index (χ2n) is 5.02. The summed E-state index contributed by atoms with van der Waals surface area (Å²) >= 11 is 1.57. The molecule has 16 heavy (non-hydrogen) atoms. The first-order chi connectivity index (χ1) is 7.44. The topological polar surface area (TPSA) is 51.4 Å². The van der Waals surface area contributed by atoms with Gasteiger partial charge in [-0.2, -0.15) is 0 Å². The fourth-order valence-electron chi connectivity index (χ4n) is 2.32. The van der Waals surface area contributed by atoms with Crippen LogP contribution in [-0.2, 0) is 11.3 Å². The first-order valence-corrected chi connectivity index (χ1v) is 6.37. The van der Waals surface area contributed by atoms with Gasteiger partial charge in [0.25, 0.3) is 0 Å². The number of morpholine rings is 1. The molecule has 0 bridgehead atoms. The van der Waals surface area contributed by atoms with Gasteiger partial charge in [0.15, 0.2) is 5.13 Å². The van der Waals surface area contributed by atoms with Crippen LogP contribution in [0.2, 0.25) is 0 Å². The number of nitrogens with zero attached hydrogens (tertiary/aromatic N) is 2. The lowest BCUT2D eigenvalue weighted by atomic mass is 10.1. The Labute approximate surface area is 100 Å². The predicted molar refractivity (Wildman–Crippen MR) is 66.4 cm³/mol. The quantitative estimate of drug-likeness (QED) is 0.856. The molecule has 1 atom stereocenters. The number of ether oxygens (including phenoxy) is 1. The molecule has 4 nitrogen and oxygen atoms in total. The molecule has 0 aromatic carbocycles. The zero-order chi connectivity index (χ0) is 11.8. The molecular weight excluding hydrogens is 222 g/mol. The standard InChI is InChI=1S/C11H19N3OS/c1-8-5-14(7-11(2,3)15-8)6-9-4-13-10(12)16-9/h4,8H,5-7H2,1-3H3,(H2,12,13). The number of rotatable bonds is 2. The van der Waals surface area contributed by atoms with Crippen molar-refractivity contribution < 1.29 is 4.74 Å². The number of hydrogen-bond donors (Lipinski definition) is 1. The fraction of sp³-hybridized carbons (Fsp3) is 0.727. The Balaban J connectivity index is 1.99. The number of nitrogens with two attached hydrogens (primary N) is 1. The summed E-state index contributed by atoms with van der Waals surface area (Å²) in [5.74, 6) is 0. The number of anilines is 1. The van der Waals surface area contributed by atoms with E-state index in [4.69, 9.17) is 10.5 Å². The summed E-state index contributed by atoms with van der Waals surface area (Å²) in [7, 11) is 0. The molecule has 1 aromatic heterocycles. The van der Waals surface area contributed by atoms with E-state index in [1.54, 1.807) is 11.3 Å². The minimum Gasteiger partial charge on any atom is -0.375 e. The molecule has 1 aliphatic rings. The highest BCUT2D eigenvalue weighted by Crippen LogP contribution is 2.24. The third-order valence-electron chi connectivity index (χ3n) is 2.59. The molecule has 0 aliphatic carbocycles. The van der Waals surface area contributed by atoms with E-state index in [0.29, 0.717) is 5.13 Å². The number of thiazole rings is 1. The van der Waals surface area contributed by atoms with E-state index in [-0.39, 0.29) is 11.7 Å². The highest BCUT2D eigenvalue weighted by atomic mass is 32.1. The second kappa shape index (κ2) is 4.31. The Kier molecular flexibility index (Phi) is 3.19. The minimum atomic E-state index is -0.0616. The third kappa shape index (κ3) is 2.93. The summed E-state index contributed by atoms with van der Waals surface area (Å²) in [6, 6.07) is 0. The van der Waals surface area contributed by atoms with E-state index in [2.05, 4.69) is 30.7 Å². The molecule has 0 amide bonds. The minimum absolute atomic E-state index is 0.0616. The van der Waals surface area contributed by atoms with Gasteiger partial charge in [0.1, 0.15) is 0 Å². The van der Waals surface area contributed by atoms with Crippen molar-refractivity contribution in [3.63, 3.8) is 0 Å². The van der Waals surface area contributed by atoms with Crippen molar-refractivity contribution in [2.75, 3.05) is 18.8 Å². The zero-order valence-electron chi connectivity index (χ0n) is 10.1. The lowest BCUT2D eigenvalue weighted by Crippen LogP contribution is -2.51. The molecule has 0 saturated carbocycles. The van der Waals surface area contributed by atoms with Gasteiger partial charge in [-0.1, -0.05) is 0 Å². The van der Waals surface area contributed by atoms with Gasteiger partial charge in [-0.25, -0.2) is 4.98 Å². The van der Waals surface area contributed by atoms with Gasteiger partial charge in [0.2, 0.25) is 0 Å². The monoisotopic (exact) mass is 241 g/mol. The number of hydrogen-bond acceptors (Lipinski definition) is 5. The molecule has 1 aliphatic heterocycles. The normalized spacial score (nSPS) is 25.8. The van der Waals surface area contributed by atoms with Crippen LogP contribution in [0.15, 0.2) is 6.20 Å². The van der Waals surface area contributed by atoms with Crippen LogP contribution in [0, 0.1) is 0 Å². The van der Waals surface area contributed by atoms with Gasteiger partial charge in [-0.15, -0.1) is 11.3 Å². The van der Waals surface area contributed by atoms with Crippen LogP contribution in [-0.4, -0.2) is 34.7 Å². The molecular formula is C11H19N3OS. The second-order valence-corrected chi connectivity index (χ2v) is 6.17. The SMILES string of the molecule is CC1CN(Cc2cnc(N)s2)CC(C)(C)O1. The maximum absolute atomic E-state index is 5.87. The van der Waals surface area contributed by atoms with Crippen molar-refractivity contribution in [2.24, 2.45) is 0 Å². The lowest BCUT2D eigenvalue weighted by Gasteiger charge is -2.41. The summed E-state index contributed by atoms with van der Waals surface area (Å²) < 4.78 is 5.87. The Bertz CT molecular complexity index is 364. The van der Waals surface area contributed by atoms with Gasteiger partial charge in [0, 0.05) is 30.7 Å². The van der Waals surface area contributed by atoms with Crippen LogP contribution >= 0.6 is 11.3 Å². The van der Waals surface area contributed by atoms with Gasteiger partial charge in [0.05, 0.1) is 11.7 Å². The summed E-state index contributed by atoms with van der Waals surface area (Å²) in [4.78, 5) is 7.70. The highest BCUT2D eigenvalue weighted by Gasteiger charge is 2.31. The summed E-state index contributed by atoms with van der Waals surface area (Å²) in [6.07, 6.45) is 2.15. The van der Waals surface area contributed by atoms with Crippen molar-refractivity contribution in [3.8, 4) is 0 Å². The molecule has 1 aromatic rings. The highest BCUT2D eigenvalue weighted by molar-refractivity contribution is 7.15. The fourth-order valence-corrected chi connectivity index (χ4v) is 3.05. The Morgan fingerprint density at radius 3 is 3.00 bits per heavy atom. The van der Waals surface area contributed by atoms with Crippen molar-refractivity contribution in [1.29, 1.82) is 0 Å². The maximum Gasteiger partial charge on any atom is 0.180 e. The predicted octanol–water partition coefficient (Wildman–Crippen LogP) is 1.72. The molecule has 0 spiro atoms. The zero-order valence-corrected chi connectivity index (χ0v) is 10.9. The summed E-state index contributed by atoms with van der Waals surface area (Å²) in [5, 5.41) is 0.649. The van der Waals surface area contributed by atoms with E-state index in [1.807, 2.05) is 6.20 Å². The molecule has 2 N–H and O–H groups in total. The van der Waals surface area contributed by atoms with Crippen LogP contribution in [0.4, 0.5) is 5.13 Å². The Morgan fingerprint density at radius 1 is 1.69 bits per heavy atom.